The van der Waals surface area contributed by atoms with Crippen molar-refractivity contribution in [3.8, 4) is 55.6 Å². The summed E-state index contributed by atoms with van der Waals surface area (Å²) in [4.78, 5) is 1.90. The predicted molar refractivity (Wildman–Crippen MR) is 226 cm³/mol. The van der Waals surface area contributed by atoms with Crippen molar-refractivity contribution in [1.29, 1.82) is 0 Å². The fourth-order valence-corrected chi connectivity index (χ4v) is 7.26. The molecule has 0 saturated carbocycles. The lowest BCUT2D eigenvalue weighted by molar-refractivity contribution is 1.28. The molecule has 0 aliphatic carbocycles. The van der Waals surface area contributed by atoms with Crippen molar-refractivity contribution in [2.24, 2.45) is 0 Å². The highest BCUT2D eigenvalue weighted by atomic mass is 15.1. The maximum absolute atomic E-state index is 9.56. The molecule has 0 unspecified atom stereocenters. The van der Waals surface area contributed by atoms with Crippen LogP contribution in [0.3, 0.4) is 0 Å². The van der Waals surface area contributed by atoms with Crippen molar-refractivity contribution in [2.75, 3.05) is 4.90 Å². The van der Waals surface area contributed by atoms with E-state index in [0.29, 0.717) is 11.3 Å². The van der Waals surface area contributed by atoms with Gasteiger partial charge in [-0.2, -0.15) is 0 Å². The summed E-state index contributed by atoms with van der Waals surface area (Å²) in [5, 5.41) is 2.31. The van der Waals surface area contributed by atoms with Crippen LogP contribution in [0.5, 0.6) is 0 Å². The Hall–Kier alpha value is -6.96. The van der Waals surface area contributed by atoms with Gasteiger partial charge in [0, 0.05) is 16.9 Å². The van der Waals surface area contributed by atoms with Gasteiger partial charge < -0.3 is 4.90 Å². The summed E-state index contributed by atoms with van der Waals surface area (Å²) in [6, 6.07) is 66.8. The fraction of sp³-hybridized carbons (Fsp3) is 0. The molecule has 0 aliphatic rings. The molecule has 0 saturated heterocycles. The van der Waals surface area contributed by atoms with Gasteiger partial charge in [0.15, 0.2) is 0 Å². The molecule has 9 aromatic rings. The van der Waals surface area contributed by atoms with Gasteiger partial charge >= 0.3 is 0 Å². The van der Waals surface area contributed by atoms with Gasteiger partial charge in [0.1, 0.15) is 0 Å². The molecular formula is C52H37N. The molecule has 0 heterocycles. The van der Waals surface area contributed by atoms with Gasteiger partial charge in [-0.15, -0.1) is 0 Å². The lowest BCUT2D eigenvalue weighted by Gasteiger charge is -2.29. The minimum atomic E-state index is -0.120. The topological polar surface area (TPSA) is 3.24 Å². The van der Waals surface area contributed by atoms with Crippen LogP contribution in [0.25, 0.3) is 66.4 Å². The lowest BCUT2D eigenvalue weighted by atomic mass is 9.88. The molecule has 0 fully saturated rings. The van der Waals surface area contributed by atoms with Crippen LogP contribution in [0.4, 0.5) is 17.1 Å². The number of hydrogen-bond donors (Lipinski definition) is 0. The highest BCUT2D eigenvalue weighted by molar-refractivity contribution is 5.99. The van der Waals surface area contributed by atoms with Gasteiger partial charge in [-0.1, -0.05) is 194 Å². The average Bonchev–Trinajstić information content (AvgIpc) is 3.28. The minimum Gasteiger partial charge on any atom is -0.310 e. The number of benzene rings is 9. The van der Waals surface area contributed by atoms with Crippen LogP contribution in [-0.4, -0.2) is 0 Å². The van der Waals surface area contributed by atoms with E-state index in [2.05, 4.69) is 121 Å². The first kappa shape index (κ1) is 27.7. The monoisotopic (exact) mass is 679 g/mol. The lowest BCUT2D eigenvalue weighted by Crippen LogP contribution is -2.11. The quantitative estimate of drug-likeness (QED) is 0.154. The normalized spacial score (nSPS) is 12.1. The molecule has 1 nitrogen and oxygen atoms in total. The van der Waals surface area contributed by atoms with E-state index in [0.717, 1.165) is 61.0 Å². The molecule has 9 rings (SSSR count). The first-order chi connectivity index (χ1) is 28.0. The van der Waals surface area contributed by atoms with Crippen molar-refractivity contribution < 1.29 is 5.48 Å². The number of nitrogens with zero attached hydrogens (tertiary/aromatic N) is 1. The molecule has 0 atom stereocenters. The Labute approximate surface area is 317 Å². The SMILES string of the molecule is [2H]c1c([2H])c(N(c2ccc(-c3cccc4ccccc34)cc2)c2ccccc2-c2ccccc2-c2ccccc2-c2ccccc2)c([2H])c([2H])c1-c1ccccc1. The zero-order valence-electron chi connectivity index (χ0n) is 33.0. The second kappa shape index (κ2) is 14.3. The van der Waals surface area contributed by atoms with Crippen molar-refractivity contribution in [2.45, 2.75) is 0 Å². The third-order valence-electron chi connectivity index (χ3n) is 9.79. The largest absolute Gasteiger partial charge is 0.310 e. The maximum atomic E-state index is 9.56. The molecule has 0 amide bonds. The number of anilines is 3. The molecule has 0 aliphatic heterocycles. The summed E-state index contributed by atoms with van der Waals surface area (Å²) in [6.45, 7) is 0. The molecule has 0 spiro atoms. The van der Waals surface area contributed by atoms with Crippen molar-refractivity contribution in [3.05, 3.63) is 224 Å². The van der Waals surface area contributed by atoms with E-state index in [1.165, 1.54) is 0 Å². The summed E-state index contributed by atoms with van der Waals surface area (Å²) < 4.78 is 37.7. The minimum absolute atomic E-state index is 0.0933. The van der Waals surface area contributed by atoms with E-state index >= 15 is 0 Å². The number of fused-ring (bicyclic) bond motifs is 1. The van der Waals surface area contributed by atoms with Gasteiger partial charge in [0.25, 0.3) is 0 Å². The standard InChI is InChI=1S/C52H37N/c1-3-16-38(17-4-1)39-30-34-43(35-31-39)53(44-36-32-42(33-37-44)46-28-15-21-41-20-7-8-22-45(41)46)52-29-14-13-27-51(52)50-26-12-11-25-49(50)48-24-10-9-23-47(48)40-18-5-2-6-19-40/h1-37H/i30D,31D,34D,35D. The predicted octanol–water partition coefficient (Wildman–Crippen LogP) is 14.6. The van der Waals surface area contributed by atoms with Gasteiger partial charge in [0.2, 0.25) is 0 Å². The molecular weight excluding hydrogens is 639 g/mol. The summed E-state index contributed by atoms with van der Waals surface area (Å²) >= 11 is 0. The van der Waals surface area contributed by atoms with Crippen LogP contribution in [0.1, 0.15) is 5.48 Å². The van der Waals surface area contributed by atoms with E-state index in [-0.39, 0.29) is 35.4 Å². The molecule has 0 bridgehead atoms. The van der Waals surface area contributed by atoms with Gasteiger partial charge in [-0.05, 0) is 91.1 Å². The van der Waals surface area contributed by atoms with E-state index < -0.39 is 0 Å². The average molecular weight is 680 g/mol. The molecule has 250 valence electrons. The van der Waals surface area contributed by atoms with Crippen LogP contribution in [0.2, 0.25) is 0 Å². The summed E-state index contributed by atoms with van der Waals surface area (Å²) in [7, 11) is 0. The fourth-order valence-electron chi connectivity index (χ4n) is 7.26. The summed E-state index contributed by atoms with van der Waals surface area (Å²) in [6.07, 6.45) is 0. The third kappa shape index (κ3) is 6.30. The van der Waals surface area contributed by atoms with Crippen molar-refractivity contribution in [3.63, 3.8) is 0 Å². The maximum Gasteiger partial charge on any atom is 0.0645 e. The second-order valence-corrected chi connectivity index (χ2v) is 13.0. The first-order valence-electron chi connectivity index (χ1n) is 19.9. The van der Waals surface area contributed by atoms with Crippen LogP contribution in [-0.2, 0) is 0 Å². The Kier molecular flexibility index (Phi) is 7.50. The highest BCUT2D eigenvalue weighted by Crippen LogP contribution is 2.45. The summed E-state index contributed by atoms with van der Waals surface area (Å²) in [5.74, 6) is 0. The highest BCUT2D eigenvalue weighted by Gasteiger charge is 2.20. The Bertz CT molecular complexity index is 2850. The van der Waals surface area contributed by atoms with Crippen molar-refractivity contribution >= 4 is 27.8 Å². The molecule has 53 heavy (non-hydrogen) atoms. The molecule has 0 N–H and O–H groups in total. The Morgan fingerprint density at radius 2 is 0.755 bits per heavy atom. The number of para-hydroxylation sites is 1. The molecule has 0 aromatic heterocycles. The number of rotatable bonds is 8. The van der Waals surface area contributed by atoms with Crippen LogP contribution in [0, 0.1) is 0 Å². The molecule has 1 heteroatoms. The van der Waals surface area contributed by atoms with E-state index in [1.807, 2.05) is 83.8 Å². The van der Waals surface area contributed by atoms with Crippen molar-refractivity contribution in [1.82, 2.24) is 0 Å². The van der Waals surface area contributed by atoms with Crippen LogP contribution < -0.4 is 4.90 Å². The zero-order valence-corrected chi connectivity index (χ0v) is 29.0. The van der Waals surface area contributed by atoms with Gasteiger partial charge in [0.05, 0.1) is 11.2 Å². The number of hydrogen-bond acceptors (Lipinski definition) is 1. The Morgan fingerprint density at radius 1 is 0.283 bits per heavy atom. The van der Waals surface area contributed by atoms with Crippen LogP contribution in [0.15, 0.2) is 224 Å². The van der Waals surface area contributed by atoms with E-state index in [1.54, 1.807) is 0 Å². The van der Waals surface area contributed by atoms with E-state index in [9.17, 15) is 5.48 Å². The summed E-state index contributed by atoms with van der Waals surface area (Å²) in [5.41, 5.74) is 10.9. The molecule has 0 radical (unpaired) electrons. The van der Waals surface area contributed by atoms with Gasteiger partial charge in [-0.25, -0.2) is 0 Å². The van der Waals surface area contributed by atoms with Crippen LogP contribution >= 0.6 is 0 Å². The van der Waals surface area contributed by atoms with Gasteiger partial charge in [-0.3, -0.25) is 0 Å². The second-order valence-electron chi connectivity index (χ2n) is 13.0. The first-order valence-corrected chi connectivity index (χ1v) is 17.9. The van der Waals surface area contributed by atoms with E-state index in [4.69, 9.17) is 0 Å². The Balaban J connectivity index is 1.27. The molecule has 9 aromatic carbocycles. The zero-order chi connectivity index (χ0) is 38.9. The smallest absolute Gasteiger partial charge is 0.0645 e. The Morgan fingerprint density at radius 3 is 1.45 bits per heavy atom. The third-order valence-corrected chi connectivity index (χ3v) is 9.79.